The van der Waals surface area contributed by atoms with Crippen molar-refractivity contribution in [2.45, 2.75) is 29.4 Å². The first-order valence-electron chi connectivity index (χ1n) is 6.69. The van der Waals surface area contributed by atoms with E-state index >= 15 is 0 Å². The number of hydrogen-bond donors (Lipinski definition) is 1. The van der Waals surface area contributed by atoms with Crippen molar-refractivity contribution in [3.63, 3.8) is 0 Å². The van der Waals surface area contributed by atoms with Gasteiger partial charge in [0.05, 0.1) is 17.6 Å². The van der Waals surface area contributed by atoms with Crippen molar-refractivity contribution in [1.82, 2.24) is 4.72 Å². The zero-order valence-corrected chi connectivity index (χ0v) is 13.7. The molecular formula is C14H19NO4S2. The second-order valence-electron chi connectivity index (χ2n) is 5.21. The Morgan fingerprint density at radius 1 is 1.43 bits per heavy atom. The first-order chi connectivity index (χ1) is 9.88. The molecule has 0 bridgehead atoms. The molecular weight excluding hydrogens is 310 g/mol. The third kappa shape index (κ3) is 3.78. The summed E-state index contributed by atoms with van der Waals surface area (Å²) in [5.74, 6) is 0.397. The van der Waals surface area contributed by atoms with Crippen molar-refractivity contribution in [2.75, 3.05) is 19.4 Å². The lowest BCUT2D eigenvalue weighted by atomic mass is 10.1. The molecule has 7 heteroatoms. The molecule has 0 radical (unpaired) electrons. The average Bonchev–Trinajstić information content (AvgIpc) is 2.92. The van der Waals surface area contributed by atoms with Gasteiger partial charge in [0.15, 0.2) is 0 Å². The lowest BCUT2D eigenvalue weighted by Crippen LogP contribution is -2.37. The summed E-state index contributed by atoms with van der Waals surface area (Å²) >= 11 is 1.78. The fourth-order valence-electron chi connectivity index (χ4n) is 2.28. The van der Waals surface area contributed by atoms with Crippen LogP contribution in [0.4, 0.5) is 0 Å². The number of ether oxygens (including phenoxy) is 1. The van der Waals surface area contributed by atoms with Crippen LogP contribution in [-0.2, 0) is 14.8 Å². The number of thioether (sulfide) groups is 1. The Balaban J connectivity index is 2.22. The van der Waals surface area contributed by atoms with E-state index in [0.29, 0.717) is 6.54 Å². The van der Waals surface area contributed by atoms with E-state index in [2.05, 4.69) is 16.4 Å². The summed E-state index contributed by atoms with van der Waals surface area (Å²) in [5.41, 5.74) is 0.0525. The molecule has 0 aliphatic carbocycles. The maximum absolute atomic E-state index is 12.4. The van der Waals surface area contributed by atoms with Gasteiger partial charge in [-0.3, -0.25) is 0 Å². The predicted octanol–water partition coefficient (Wildman–Crippen LogP) is 2.04. The Morgan fingerprint density at radius 3 is 2.76 bits per heavy atom. The summed E-state index contributed by atoms with van der Waals surface area (Å²) in [7, 11) is -2.50. The molecule has 1 aromatic carbocycles. The summed E-state index contributed by atoms with van der Waals surface area (Å²) < 4.78 is 32.1. The number of rotatable bonds is 5. The molecule has 0 amide bonds. The first-order valence-corrected chi connectivity index (χ1v) is 9.16. The summed E-state index contributed by atoms with van der Waals surface area (Å²) in [6.45, 7) is 2.41. The van der Waals surface area contributed by atoms with Crippen LogP contribution >= 0.6 is 11.8 Å². The molecule has 1 N–H and O–H groups in total. The molecule has 1 atom stereocenters. The topological polar surface area (TPSA) is 72.5 Å². The normalized spacial score (nSPS) is 22.2. The fraction of sp³-hybridized carbons (Fsp3) is 0.500. The lowest BCUT2D eigenvalue weighted by Gasteiger charge is -2.23. The maximum Gasteiger partial charge on any atom is 0.339 e. The Hall–Kier alpha value is -1.05. The number of hydrogen-bond acceptors (Lipinski definition) is 5. The van der Waals surface area contributed by atoms with Crippen molar-refractivity contribution in [1.29, 1.82) is 0 Å². The molecule has 0 spiro atoms. The highest BCUT2D eigenvalue weighted by Gasteiger charge is 2.32. The van der Waals surface area contributed by atoms with Gasteiger partial charge in [0.25, 0.3) is 0 Å². The minimum atomic E-state index is -3.74. The van der Waals surface area contributed by atoms with Crippen LogP contribution in [0, 0.1) is 0 Å². The van der Waals surface area contributed by atoms with Gasteiger partial charge >= 0.3 is 5.97 Å². The molecule has 1 saturated heterocycles. The highest BCUT2D eigenvalue weighted by Crippen LogP contribution is 2.37. The molecule has 1 heterocycles. The number of benzene rings is 1. The lowest BCUT2D eigenvalue weighted by molar-refractivity contribution is 0.0596. The van der Waals surface area contributed by atoms with Crippen LogP contribution in [0.2, 0.25) is 0 Å². The summed E-state index contributed by atoms with van der Waals surface area (Å²) in [5, 5.41) is 0. The second-order valence-corrected chi connectivity index (χ2v) is 8.63. The Labute approximate surface area is 129 Å². The molecule has 5 nitrogen and oxygen atoms in total. The molecule has 1 aliphatic heterocycles. The van der Waals surface area contributed by atoms with Gasteiger partial charge < -0.3 is 4.74 Å². The third-order valence-electron chi connectivity index (χ3n) is 3.52. The zero-order chi connectivity index (χ0) is 15.5. The van der Waals surface area contributed by atoms with Gasteiger partial charge in [-0.25, -0.2) is 17.9 Å². The fourth-order valence-corrected chi connectivity index (χ4v) is 4.98. The van der Waals surface area contributed by atoms with Gasteiger partial charge in [-0.2, -0.15) is 11.8 Å². The smallest absolute Gasteiger partial charge is 0.339 e. The monoisotopic (exact) mass is 329 g/mol. The van der Waals surface area contributed by atoms with E-state index in [0.717, 1.165) is 18.6 Å². The maximum atomic E-state index is 12.4. The van der Waals surface area contributed by atoms with Crippen LogP contribution in [0.1, 0.15) is 30.1 Å². The molecule has 0 aromatic heterocycles. The number of carbonyl (C=O) groups is 1. The molecule has 1 aliphatic rings. The molecule has 2 rings (SSSR count). The van der Waals surface area contributed by atoms with Crippen molar-refractivity contribution < 1.29 is 17.9 Å². The standard InChI is InChI=1S/C14H19NO4S2/c1-14(8-5-9-20-14)10-15-21(17,18)12-7-4-3-6-11(12)13(16)19-2/h3-4,6-7,15H,5,8-10H2,1-2H3. The van der Waals surface area contributed by atoms with E-state index < -0.39 is 16.0 Å². The third-order valence-corrected chi connectivity index (χ3v) is 6.52. The van der Waals surface area contributed by atoms with Crippen LogP contribution in [0.15, 0.2) is 29.2 Å². The number of esters is 1. The first kappa shape index (κ1) is 16.3. The average molecular weight is 329 g/mol. The molecule has 116 valence electrons. The SMILES string of the molecule is COC(=O)c1ccccc1S(=O)(=O)NCC1(C)CCCS1. The highest BCUT2D eigenvalue weighted by atomic mass is 32.2. The van der Waals surface area contributed by atoms with Gasteiger partial charge in [-0.1, -0.05) is 12.1 Å². The Bertz CT molecular complexity index is 622. The largest absolute Gasteiger partial charge is 0.465 e. The van der Waals surface area contributed by atoms with Gasteiger partial charge in [0, 0.05) is 11.3 Å². The molecule has 1 fully saturated rings. The number of methoxy groups -OCH3 is 1. The Kier molecular flexibility index (Phi) is 4.95. The minimum absolute atomic E-state index is 0.0385. The molecule has 0 saturated carbocycles. The summed E-state index contributed by atoms with van der Waals surface area (Å²) in [6.07, 6.45) is 2.08. The number of nitrogens with one attached hydrogen (secondary N) is 1. The quantitative estimate of drug-likeness (QED) is 0.837. The van der Waals surface area contributed by atoms with E-state index in [9.17, 15) is 13.2 Å². The van der Waals surface area contributed by atoms with Crippen LogP contribution in [-0.4, -0.2) is 38.5 Å². The van der Waals surface area contributed by atoms with Crippen LogP contribution in [0.25, 0.3) is 0 Å². The molecule has 1 aromatic rings. The van der Waals surface area contributed by atoms with E-state index in [-0.39, 0.29) is 15.2 Å². The number of sulfonamides is 1. The van der Waals surface area contributed by atoms with E-state index in [1.165, 1.54) is 19.2 Å². The van der Waals surface area contributed by atoms with Crippen LogP contribution in [0.3, 0.4) is 0 Å². The number of carbonyl (C=O) groups excluding carboxylic acids is 1. The predicted molar refractivity (Wildman–Crippen MR) is 83.1 cm³/mol. The second kappa shape index (κ2) is 6.37. The molecule has 1 unspecified atom stereocenters. The van der Waals surface area contributed by atoms with Crippen molar-refractivity contribution in [3.8, 4) is 0 Å². The zero-order valence-electron chi connectivity index (χ0n) is 12.1. The van der Waals surface area contributed by atoms with E-state index in [1.807, 2.05) is 0 Å². The van der Waals surface area contributed by atoms with Crippen LogP contribution in [0.5, 0.6) is 0 Å². The Morgan fingerprint density at radius 2 is 2.14 bits per heavy atom. The van der Waals surface area contributed by atoms with Gasteiger partial charge in [0.2, 0.25) is 10.0 Å². The van der Waals surface area contributed by atoms with Crippen molar-refractivity contribution in [2.24, 2.45) is 0 Å². The van der Waals surface area contributed by atoms with Crippen LogP contribution < -0.4 is 4.72 Å². The highest BCUT2D eigenvalue weighted by molar-refractivity contribution is 8.01. The van der Waals surface area contributed by atoms with Crippen molar-refractivity contribution in [3.05, 3.63) is 29.8 Å². The van der Waals surface area contributed by atoms with Gasteiger partial charge in [-0.15, -0.1) is 0 Å². The van der Waals surface area contributed by atoms with Crippen molar-refractivity contribution >= 4 is 27.8 Å². The molecule has 21 heavy (non-hydrogen) atoms. The summed E-state index contributed by atoms with van der Waals surface area (Å²) in [4.78, 5) is 11.6. The van der Waals surface area contributed by atoms with Gasteiger partial charge in [0.1, 0.15) is 0 Å². The minimum Gasteiger partial charge on any atom is -0.465 e. The van der Waals surface area contributed by atoms with E-state index in [4.69, 9.17) is 0 Å². The van der Waals surface area contributed by atoms with Gasteiger partial charge in [-0.05, 0) is 37.7 Å². The summed E-state index contributed by atoms with van der Waals surface area (Å²) in [6, 6.07) is 6.07. The van der Waals surface area contributed by atoms with E-state index in [1.54, 1.807) is 23.9 Å².